The van der Waals surface area contributed by atoms with Crippen molar-refractivity contribution in [2.45, 2.75) is 44.6 Å². The number of rotatable bonds is 12. The van der Waals surface area contributed by atoms with Gasteiger partial charge in [0.05, 0.1) is 14.2 Å². The monoisotopic (exact) mass is 510 g/mol. The normalized spacial score (nSPS) is 14.6. The summed E-state index contributed by atoms with van der Waals surface area (Å²) in [5, 5.41) is 1.18. The molecule has 0 bridgehead atoms. The largest absolute Gasteiger partial charge is 0.497 e. The minimum atomic E-state index is -0.0970. The summed E-state index contributed by atoms with van der Waals surface area (Å²) in [4.78, 5) is 15.9. The van der Waals surface area contributed by atoms with Gasteiger partial charge in [-0.1, -0.05) is 48.5 Å². The third-order valence-corrected chi connectivity index (χ3v) is 7.73. The number of aromatic nitrogens is 1. The first kappa shape index (κ1) is 26.1. The molecular weight excluding hydrogens is 472 g/mol. The van der Waals surface area contributed by atoms with E-state index in [0.29, 0.717) is 18.6 Å². The number of hydrogen-bond donors (Lipinski definition) is 0. The molecule has 1 atom stereocenters. The lowest BCUT2D eigenvalue weighted by Crippen LogP contribution is -2.21. The summed E-state index contributed by atoms with van der Waals surface area (Å²) in [6, 6.07) is 25.0. The molecule has 0 N–H and O–H groups in total. The summed E-state index contributed by atoms with van der Waals surface area (Å²) >= 11 is 0. The number of carbonyl (C=O) groups excluding carboxylic acids is 1. The second-order valence-corrected chi connectivity index (χ2v) is 10.3. The first-order valence-corrected chi connectivity index (χ1v) is 13.7. The van der Waals surface area contributed by atoms with Gasteiger partial charge in [0.15, 0.2) is 0 Å². The first-order valence-electron chi connectivity index (χ1n) is 13.7. The molecule has 38 heavy (non-hydrogen) atoms. The lowest BCUT2D eigenvalue weighted by Gasteiger charge is -2.19. The van der Waals surface area contributed by atoms with Crippen molar-refractivity contribution in [3.8, 4) is 11.5 Å². The molecule has 198 valence electrons. The zero-order valence-electron chi connectivity index (χ0n) is 22.6. The molecule has 0 spiro atoms. The molecule has 0 radical (unpaired) electrons. The van der Waals surface area contributed by atoms with E-state index in [-0.39, 0.29) is 5.92 Å². The van der Waals surface area contributed by atoms with Gasteiger partial charge >= 0.3 is 0 Å². The Hall–Kier alpha value is -3.57. The Labute approximate surface area is 226 Å². The summed E-state index contributed by atoms with van der Waals surface area (Å²) < 4.78 is 13.5. The maximum atomic E-state index is 13.4. The van der Waals surface area contributed by atoms with Crippen LogP contribution in [0.1, 0.15) is 54.7 Å². The van der Waals surface area contributed by atoms with Crippen molar-refractivity contribution in [2.24, 2.45) is 0 Å². The van der Waals surface area contributed by atoms with E-state index in [9.17, 15) is 4.79 Å². The smallest absolute Gasteiger partial charge is 0.133 e. The molecule has 1 fully saturated rings. The van der Waals surface area contributed by atoms with Gasteiger partial charge in [0, 0.05) is 48.5 Å². The lowest BCUT2D eigenvalue weighted by atomic mass is 9.86. The number of fused-ring (bicyclic) bond motifs is 1. The van der Waals surface area contributed by atoms with E-state index in [4.69, 9.17) is 9.47 Å². The predicted molar refractivity (Wildman–Crippen MR) is 153 cm³/mol. The summed E-state index contributed by atoms with van der Waals surface area (Å²) in [6.07, 6.45) is 6.78. The van der Waals surface area contributed by atoms with Crippen molar-refractivity contribution < 1.29 is 14.3 Å². The van der Waals surface area contributed by atoms with Gasteiger partial charge in [-0.2, -0.15) is 0 Å². The van der Waals surface area contributed by atoms with Crippen LogP contribution in [0, 0.1) is 0 Å². The highest BCUT2D eigenvalue weighted by molar-refractivity contribution is 5.87. The molecule has 1 unspecified atom stereocenters. The Balaban J connectivity index is 1.49. The predicted octanol–water partition coefficient (Wildman–Crippen LogP) is 6.67. The number of methoxy groups -OCH3 is 2. The highest BCUT2D eigenvalue weighted by atomic mass is 16.5. The molecule has 3 aromatic carbocycles. The molecular formula is C33H38N2O3. The van der Waals surface area contributed by atoms with Gasteiger partial charge in [-0.05, 0) is 73.8 Å². The highest BCUT2D eigenvalue weighted by Crippen LogP contribution is 2.38. The maximum Gasteiger partial charge on any atom is 0.133 e. The Morgan fingerprint density at radius 1 is 0.895 bits per heavy atom. The van der Waals surface area contributed by atoms with Gasteiger partial charge in [0.2, 0.25) is 0 Å². The molecule has 5 heteroatoms. The molecule has 4 aromatic rings. The van der Waals surface area contributed by atoms with E-state index >= 15 is 0 Å². The van der Waals surface area contributed by atoms with Crippen LogP contribution in [0.3, 0.4) is 0 Å². The van der Waals surface area contributed by atoms with E-state index < -0.39 is 0 Å². The fourth-order valence-electron chi connectivity index (χ4n) is 5.74. The number of ether oxygens (including phenoxy) is 2. The van der Waals surface area contributed by atoms with Crippen LogP contribution in [0.25, 0.3) is 10.9 Å². The van der Waals surface area contributed by atoms with Crippen LogP contribution in [0.2, 0.25) is 0 Å². The number of para-hydroxylation sites is 1. The van der Waals surface area contributed by atoms with Crippen LogP contribution < -0.4 is 9.47 Å². The van der Waals surface area contributed by atoms with E-state index in [1.807, 2.05) is 24.3 Å². The molecule has 1 aliphatic rings. The molecule has 1 saturated heterocycles. The van der Waals surface area contributed by atoms with Crippen molar-refractivity contribution in [1.82, 2.24) is 9.47 Å². The molecule has 0 amide bonds. The van der Waals surface area contributed by atoms with E-state index in [2.05, 4.69) is 64.2 Å². The fourth-order valence-corrected chi connectivity index (χ4v) is 5.74. The molecule has 1 aliphatic heterocycles. The number of Topliss-reactive ketones (excluding diaryl/α,β-unsaturated/α-hetero) is 1. The number of hydrogen-bond acceptors (Lipinski definition) is 4. The van der Waals surface area contributed by atoms with Gasteiger partial charge in [-0.3, -0.25) is 4.79 Å². The summed E-state index contributed by atoms with van der Waals surface area (Å²) in [5.74, 6) is 1.67. The minimum Gasteiger partial charge on any atom is -0.497 e. The Bertz CT molecular complexity index is 1330. The Morgan fingerprint density at radius 2 is 1.58 bits per heavy atom. The van der Waals surface area contributed by atoms with E-state index in [1.165, 1.54) is 48.0 Å². The number of nitrogens with zero attached hydrogens (tertiary/aromatic N) is 2. The van der Waals surface area contributed by atoms with Gasteiger partial charge in [0.1, 0.15) is 17.3 Å². The Kier molecular flexibility index (Phi) is 8.44. The second-order valence-electron chi connectivity index (χ2n) is 10.3. The number of likely N-dealkylation sites (tertiary alicyclic amines) is 1. The van der Waals surface area contributed by atoms with Gasteiger partial charge in [-0.25, -0.2) is 0 Å². The Morgan fingerprint density at radius 3 is 2.29 bits per heavy atom. The summed E-state index contributed by atoms with van der Waals surface area (Å²) in [5.41, 5.74) is 4.63. The van der Waals surface area contributed by atoms with Crippen molar-refractivity contribution in [1.29, 1.82) is 0 Å². The maximum absolute atomic E-state index is 13.4. The van der Waals surface area contributed by atoms with Crippen LogP contribution in [-0.4, -0.2) is 49.1 Å². The van der Waals surface area contributed by atoms with Gasteiger partial charge in [0.25, 0.3) is 0 Å². The van der Waals surface area contributed by atoms with E-state index in [1.54, 1.807) is 14.2 Å². The first-order chi connectivity index (χ1) is 18.6. The van der Waals surface area contributed by atoms with Crippen LogP contribution in [0.5, 0.6) is 11.5 Å². The summed E-state index contributed by atoms with van der Waals surface area (Å²) in [6.45, 7) is 4.13. The van der Waals surface area contributed by atoms with Crippen LogP contribution >= 0.6 is 0 Å². The fraction of sp³-hybridized carbons (Fsp3) is 0.364. The quantitative estimate of drug-likeness (QED) is 0.213. The average Bonchev–Trinajstić information content (AvgIpc) is 3.60. The van der Waals surface area contributed by atoms with Gasteiger partial charge in [-0.15, -0.1) is 0 Å². The number of ketones is 1. The lowest BCUT2D eigenvalue weighted by molar-refractivity contribution is -0.119. The van der Waals surface area contributed by atoms with Crippen LogP contribution in [0.4, 0.5) is 0 Å². The third-order valence-electron chi connectivity index (χ3n) is 7.73. The second kappa shape index (κ2) is 12.3. The molecule has 1 aromatic heterocycles. The van der Waals surface area contributed by atoms with Crippen molar-refractivity contribution >= 4 is 16.7 Å². The average molecular weight is 511 g/mol. The molecule has 2 heterocycles. The zero-order chi connectivity index (χ0) is 26.3. The zero-order valence-corrected chi connectivity index (χ0v) is 22.6. The highest BCUT2D eigenvalue weighted by Gasteiger charge is 2.24. The standard InChI is InChI=1S/C33H38N2O3/c1-37-28-19-26(20-29(22-28)38-2)31(21-27(36)13-10-18-34-16-8-9-17-34)32-24-35(23-25-11-4-3-5-12-25)33-15-7-6-14-30(32)33/h3-7,11-12,14-15,19-20,22,24,31H,8-10,13,16-18,21,23H2,1-2H3. The number of carbonyl (C=O) groups is 1. The van der Waals surface area contributed by atoms with Gasteiger partial charge < -0.3 is 18.9 Å². The van der Waals surface area contributed by atoms with E-state index in [0.717, 1.165) is 36.6 Å². The number of benzene rings is 3. The van der Waals surface area contributed by atoms with Crippen LogP contribution in [0.15, 0.2) is 79.0 Å². The minimum absolute atomic E-state index is 0.0970. The van der Waals surface area contributed by atoms with Crippen LogP contribution in [-0.2, 0) is 11.3 Å². The molecule has 0 saturated carbocycles. The van der Waals surface area contributed by atoms with Crippen molar-refractivity contribution in [2.75, 3.05) is 33.9 Å². The molecule has 0 aliphatic carbocycles. The molecule has 5 nitrogen and oxygen atoms in total. The topological polar surface area (TPSA) is 43.7 Å². The third kappa shape index (κ3) is 6.11. The van der Waals surface area contributed by atoms with Crippen molar-refractivity contribution in [3.63, 3.8) is 0 Å². The summed E-state index contributed by atoms with van der Waals surface area (Å²) in [7, 11) is 3.34. The SMILES string of the molecule is COc1cc(OC)cc(C(CC(=O)CCCN2CCCC2)c2cn(Cc3ccccc3)c3ccccc23)c1. The van der Waals surface area contributed by atoms with Crippen molar-refractivity contribution in [3.05, 3.63) is 95.7 Å². The molecule has 5 rings (SSSR count).